The number of esters is 1. The average molecular weight is 422 g/mol. The molecule has 0 bridgehead atoms. The third kappa shape index (κ3) is 3.45. The van der Waals surface area contributed by atoms with Gasteiger partial charge in [0, 0.05) is 31.2 Å². The lowest BCUT2D eigenvalue weighted by Gasteiger charge is -2.19. The van der Waals surface area contributed by atoms with E-state index in [1.165, 1.54) is 12.0 Å². The number of aromatic amines is 1. The highest BCUT2D eigenvalue weighted by atomic mass is 16.5. The number of aryl methyl sites for hydroxylation is 1. The Hall–Kier alpha value is -3.62. The van der Waals surface area contributed by atoms with Gasteiger partial charge in [0.1, 0.15) is 18.0 Å². The molecule has 0 saturated heterocycles. The normalized spacial score (nSPS) is 14.6. The van der Waals surface area contributed by atoms with Gasteiger partial charge in [0.05, 0.1) is 17.9 Å². The fourth-order valence-electron chi connectivity index (χ4n) is 3.82. The number of carbonyl (C=O) groups is 2. The Kier molecular flexibility index (Phi) is 4.83. The average Bonchev–Trinajstić information content (AvgIpc) is 3.18. The summed E-state index contributed by atoms with van der Waals surface area (Å²) in [5.41, 5.74) is 3.33. The van der Waals surface area contributed by atoms with Gasteiger partial charge in [-0.25, -0.2) is 0 Å². The molecule has 0 unspecified atom stereocenters. The van der Waals surface area contributed by atoms with E-state index in [2.05, 4.69) is 20.3 Å². The number of fused-ring (bicyclic) bond motifs is 2. The van der Waals surface area contributed by atoms with Gasteiger partial charge in [-0.1, -0.05) is 0 Å². The summed E-state index contributed by atoms with van der Waals surface area (Å²) >= 11 is 0. The number of hydrogen-bond acceptors (Lipinski definition) is 7. The molecule has 0 saturated carbocycles. The largest absolute Gasteiger partial charge is 0.468 e. The number of anilines is 4. The van der Waals surface area contributed by atoms with Crippen LogP contribution in [-0.2, 0) is 19.7 Å². The van der Waals surface area contributed by atoms with Gasteiger partial charge in [0.15, 0.2) is 0 Å². The molecule has 0 spiro atoms. The highest BCUT2D eigenvalue weighted by Crippen LogP contribution is 2.43. The first-order chi connectivity index (χ1) is 14.6. The highest BCUT2D eigenvalue weighted by Gasteiger charge is 2.44. The molecular formula is C22H26N6O3. The van der Waals surface area contributed by atoms with Crippen LogP contribution in [0.3, 0.4) is 0 Å². The minimum absolute atomic E-state index is 0.111. The number of carbonyl (C=O) groups excluding carboxylic acids is 2. The standard InChI is InChI=1S/C22H26N6O3/c1-12-9-14-18(23-12)25-21(27(4)5)26-19(14)24-13-7-8-16-15(10-13)22(2,3)20(30)28(16)11-17(29)31-6/h7-10H,11H2,1-6H3,(H2,23,24,25,26). The van der Waals surface area contributed by atoms with Crippen LogP contribution in [-0.4, -0.2) is 54.6 Å². The molecule has 2 aromatic heterocycles. The first-order valence-electron chi connectivity index (χ1n) is 9.97. The Morgan fingerprint density at radius 2 is 2.00 bits per heavy atom. The van der Waals surface area contributed by atoms with Crippen LogP contribution in [0.15, 0.2) is 24.3 Å². The third-order valence-corrected chi connectivity index (χ3v) is 5.53. The molecular weight excluding hydrogens is 396 g/mol. The van der Waals surface area contributed by atoms with Crippen molar-refractivity contribution in [2.75, 3.05) is 42.9 Å². The van der Waals surface area contributed by atoms with Crippen molar-refractivity contribution in [2.24, 2.45) is 0 Å². The zero-order chi connectivity index (χ0) is 22.5. The molecule has 0 aliphatic carbocycles. The molecule has 1 aliphatic rings. The Labute approximate surface area is 180 Å². The lowest BCUT2D eigenvalue weighted by molar-refractivity contribution is -0.140. The minimum Gasteiger partial charge on any atom is -0.468 e. The molecule has 0 fully saturated rings. The van der Waals surface area contributed by atoms with Gasteiger partial charge in [-0.3, -0.25) is 9.59 Å². The summed E-state index contributed by atoms with van der Waals surface area (Å²) in [5, 5.41) is 4.27. The number of benzene rings is 1. The zero-order valence-electron chi connectivity index (χ0n) is 18.5. The van der Waals surface area contributed by atoms with Crippen LogP contribution in [0.4, 0.5) is 23.1 Å². The Morgan fingerprint density at radius 1 is 1.26 bits per heavy atom. The molecule has 1 aromatic carbocycles. The van der Waals surface area contributed by atoms with Gasteiger partial charge in [0.25, 0.3) is 0 Å². The van der Waals surface area contributed by atoms with Crippen LogP contribution < -0.4 is 15.1 Å². The Morgan fingerprint density at radius 3 is 2.68 bits per heavy atom. The second-order valence-corrected chi connectivity index (χ2v) is 8.43. The minimum atomic E-state index is -0.762. The molecule has 0 atom stereocenters. The maximum atomic E-state index is 13.0. The second kappa shape index (κ2) is 7.26. The third-order valence-electron chi connectivity index (χ3n) is 5.53. The summed E-state index contributed by atoms with van der Waals surface area (Å²) < 4.78 is 4.75. The van der Waals surface area contributed by atoms with Crippen LogP contribution in [0.5, 0.6) is 0 Å². The molecule has 3 aromatic rings. The van der Waals surface area contributed by atoms with Crippen molar-refractivity contribution in [3.8, 4) is 0 Å². The number of methoxy groups -OCH3 is 1. The van der Waals surface area contributed by atoms with Crippen molar-refractivity contribution in [1.29, 1.82) is 0 Å². The van der Waals surface area contributed by atoms with E-state index in [4.69, 9.17) is 4.74 Å². The molecule has 9 heteroatoms. The number of rotatable bonds is 5. The SMILES string of the molecule is COC(=O)CN1C(=O)C(C)(C)c2cc(Nc3nc(N(C)C)nc4[nH]c(C)cc34)ccc21. The molecule has 1 amide bonds. The number of ether oxygens (including phenoxy) is 1. The van der Waals surface area contributed by atoms with Gasteiger partial charge in [0.2, 0.25) is 11.9 Å². The van der Waals surface area contributed by atoms with E-state index < -0.39 is 11.4 Å². The highest BCUT2D eigenvalue weighted by molar-refractivity contribution is 6.10. The lowest BCUT2D eigenvalue weighted by Crippen LogP contribution is -2.39. The molecule has 9 nitrogen and oxygen atoms in total. The predicted molar refractivity (Wildman–Crippen MR) is 120 cm³/mol. The summed E-state index contributed by atoms with van der Waals surface area (Å²) in [5.74, 6) is 0.663. The summed E-state index contributed by atoms with van der Waals surface area (Å²) in [6.07, 6.45) is 0. The van der Waals surface area contributed by atoms with Crippen molar-refractivity contribution < 1.29 is 14.3 Å². The van der Waals surface area contributed by atoms with Gasteiger partial charge in [-0.15, -0.1) is 0 Å². The van der Waals surface area contributed by atoms with Gasteiger partial charge >= 0.3 is 5.97 Å². The summed E-state index contributed by atoms with van der Waals surface area (Å²) in [6, 6.07) is 7.66. The smallest absolute Gasteiger partial charge is 0.325 e. The molecule has 1 aliphatic heterocycles. The number of hydrogen-bond donors (Lipinski definition) is 2. The monoisotopic (exact) mass is 422 g/mol. The van der Waals surface area contributed by atoms with Crippen LogP contribution in [0.25, 0.3) is 11.0 Å². The van der Waals surface area contributed by atoms with Crippen LogP contribution in [0.2, 0.25) is 0 Å². The quantitative estimate of drug-likeness (QED) is 0.610. The van der Waals surface area contributed by atoms with Crippen LogP contribution in [0.1, 0.15) is 25.1 Å². The number of H-pyrrole nitrogens is 1. The fraction of sp³-hybridized carbons (Fsp3) is 0.364. The van der Waals surface area contributed by atoms with E-state index in [9.17, 15) is 9.59 Å². The Bertz CT molecular complexity index is 1200. The van der Waals surface area contributed by atoms with Gasteiger partial charge in [-0.2, -0.15) is 9.97 Å². The molecule has 3 heterocycles. The summed E-state index contributed by atoms with van der Waals surface area (Å²) in [7, 11) is 5.09. The number of aromatic nitrogens is 3. The van der Waals surface area contributed by atoms with Crippen molar-refractivity contribution in [3.05, 3.63) is 35.5 Å². The lowest BCUT2D eigenvalue weighted by atomic mass is 9.86. The molecule has 31 heavy (non-hydrogen) atoms. The van der Waals surface area contributed by atoms with E-state index in [1.54, 1.807) is 0 Å². The number of nitrogens with one attached hydrogen (secondary N) is 2. The molecule has 2 N–H and O–H groups in total. The van der Waals surface area contributed by atoms with Gasteiger partial charge < -0.3 is 24.8 Å². The second-order valence-electron chi connectivity index (χ2n) is 8.43. The Balaban J connectivity index is 1.75. The van der Waals surface area contributed by atoms with Crippen molar-refractivity contribution in [1.82, 2.24) is 15.0 Å². The first-order valence-corrected chi connectivity index (χ1v) is 9.97. The summed E-state index contributed by atoms with van der Waals surface area (Å²) in [4.78, 5) is 40.6. The molecule has 0 radical (unpaired) electrons. The fourth-order valence-corrected chi connectivity index (χ4v) is 3.82. The zero-order valence-corrected chi connectivity index (χ0v) is 18.5. The van der Waals surface area contributed by atoms with E-state index >= 15 is 0 Å². The van der Waals surface area contributed by atoms with Crippen molar-refractivity contribution >= 4 is 46.1 Å². The molecule has 162 valence electrons. The van der Waals surface area contributed by atoms with E-state index in [0.717, 1.165) is 28.0 Å². The van der Waals surface area contributed by atoms with E-state index in [-0.39, 0.29) is 12.5 Å². The number of nitrogens with zero attached hydrogens (tertiary/aromatic N) is 4. The van der Waals surface area contributed by atoms with Crippen LogP contribution in [0, 0.1) is 6.92 Å². The summed E-state index contributed by atoms with van der Waals surface area (Å²) in [6.45, 7) is 5.58. The van der Waals surface area contributed by atoms with Crippen molar-refractivity contribution in [2.45, 2.75) is 26.2 Å². The topological polar surface area (TPSA) is 103 Å². The van der Waals surface area contributed by atoms with Crippen molar-refractivity contribution in [3.63, 3.8) is 0 Å². The van der Waals surface area contributed by atoms with E-state index in [1.807, 2.05) is 64.0 Å². The first kappa shape index (κ1) is 20.6. The maximum Gasteiger partial charge on any atom is 0.325 e. The van der Waals surface area contributed by atoms with Crippen LogP contribution >= 0.6 is 0 Å². The maximum absolute atomic E-state index is 13.0. The number of amides is 1. The van der Waals surface area contributed by atoms with E-state index in [0.29, 0.717) is 17.5 Å². The molecule has 4 rings (SSSR count). The predicted octanol–water partition coefficient (Wildman–Crippen LogP) is 2.87. The van der Waals surface area contributed by atoms with Gasteiger partial charge in [-0.05, 0) is 50.6 Å².